The van der Waals surface area contributed by atoms with Crippen molar-refractivity contribution in [2.75, 3.05) is 6.54 Å². The average Bonchev–Trinajstić information content (AvgIpc) is 2.82. The van der Waals surface area contributed by atoms with Gasteiger partial charge in [0.2, 0.25) is 5.91 Å². The normalized spacial score (nSPS) is 22.3. The zero-order chi connectivity index (χ0) is 15.5. The number of rotatable bonds is 4. The molecule has 2 nitrogen and oxygen atoms in total. The molecule has 21 heavy (non-hydrogen) atoms. The zero-order valence-electron chi connectivity index (χ0n) is 11.4. The van der Waals surface area contributed by atoms with Gasteiger partial charge in [-0.15, -0.1) is 0 Å². The summed E-state index contributed by atoms with van der Waals surface area (Å²) in [5.74, 6) is 0.346. The third kappa shape index (κ3) is 5.02. The minimum atomic E-state index is -4.34. The Kier molecular flexibility index (Phi) is 5.30. The van der Waals surface area contributed by atoms with E-state index >= 15 is 0 Å². The second-order valence-electron chi connectivity index (χ2n) is 5.45. The Morgan fingerprint density at radius 1 is 1.24 bits per heavy atom. The van der Waals surface area contributed by atoms with E-state index in [0.717, 1.165) is 31.4 Å². The molecule has 1 aliphatic rings. The van der Waals surface area contributed by atoms with Crippen LogP contribution in [0.15, 0.2) is 24.3 Å². The summed E-state index contributed by atoms with van der Waals surface area (Å²) in [6, 6.07) is 4.73. The van der Waals surface area contributed by atoms with E-state index < -0.39 is 11.7 Å². The zero-order valence-corrected chi connectivity index (χ0v) is 13.0. The lowest BCUT2D eigenvalue weighted by Crippen LogP contribution is -2.29. The Morgan fingerprint density at radius 3 is 2.43 bits per heavy atom. The molecule has 116 valence electrons. The van der Waals surface area contributed by atoms with Crippen LogP contribution in [-0.4, -0.2) is 17.3 Å². The van der Waals surface area contributed by atoms with E-state index in [0.29, 0.717) is 22.9 Å². The van der Waals surface area contributed by atoms with Gasteiger partial charge in [0, 0.05) is 11.4 Å². The number of hydrogen-bond acceptors (Lipinski definition) is 1. The molecule has 1 aromatic carbocycles. The van der Waals surface area contributed by atoms with Crippen molar-refractivity contribution in [3.63, 3.8) is 0 Å². The second-order valence-corrected chi connectivity index (χ2v) is 6.75. The van der Waals surface area contributed by atoms with E-state index in [1.807, 2.05) is 0 Å². The van der Waals surface area contributed by atoms with Gasteiger partial charge in [-0.1, -0.05) is 28.1 Å². The second kappa shape index (κ2) is 6.81. The molecule has 1 N–H and O–H groups in total. The van der Waals surface area contributed by atoms with Crippen molar-refractivity contribution in [1.82, 2.24) is 5.32 Å². The Bertz CT molecular complexity index is 487. The first-order valence-corrected chi connectivity index (χ1v) is 7.83. The summed E-state index contributed by atoms with van der Waals surface area (Å²) >= 11 is 3.56. The molecule has 1 saturated carbocycles. The van der Waals surface area contributed by atoms with Gasteiger partial charge < -0.3 is 5.32 Å². The third-order valence-corrected chi connectivity index (χ3v) is 4.54. The predicted octanol–water partition coefficient (Wildman–Crippen LogP) is 3.93. The van der Waals surface area contributed by atoms with Gasteiger partial charge in [-0.05, 0) is 42.9 Å². The van der Waals surface area contributed by atoms with Crippen molar-refractivity contribution in [3.8, 4) is 0 Å². The molecule has 1 fully saturated rings. The highest BCUT2D eigenvalue weighted by Crippen LogP contribution is 2.30. The summed E-state index contributed by atoms with van der Waals surface area (Å²) in [6.07, 6.45) is -0.950. The fourth-order valence-corrected chi connectivity index (χ4v) is 3.31. The number of carbonyl (C=O) groups excluding carboxylic acids is 1. The largest absolute Gasteiger partial charge is 0.416 e. The summed E-state index contributed by atoms with van der Waals surface area (Å²) in [6.45, 7) is 0.640. The van der Waals surface area contributed by atoms with Gasteiger partial charge >= 0.3 is 6.18 Å². The Balaban J connectivity index is 1.80. The number of hydrogen-bond donors (Lipinski definition) is 1. The first-order valence-electron chi connectivity index (χ1n) is 6.91. The van der Waals surface area contributed by atoms with Crippen LogP contribution < -0.4 is 5.32 Å². The highest BCUT2D eigenvalue weighted by Gasteiger charge is 2.30. The van der Waals surface area contributed by atoms with Gasteiger partial charge in [0.25, 0.3) is 0 Å². The molecule has 6 heteroatoms. The third-order valence-electron chi connectivity index (χ3n) is 3.71. The minimum Gasteiger partial charge on any atom is -0.356 e. The molecule has 0 aliphatic heterocycles. The molecule has 2 unspecified atom stereocenters. The molecule has 0 bridgehead atoms. The summed E-state index contributed by atoms with van der Waals surface area (Å²) in [5, 5.41) is 2.86. The molecule has 1 amide bonds. The van der Waals surface area contributed by atoms with Crippen LogP contribution in [0.3, 0.4) is 0 Å². The molecule has 0 saturated heterocycles. The Labute approximate surface area is 130 Å². The molecule has 2 rings (SSSR count). The van der Waals surface area contributed by atoms with Gasteiger partial charge in [0.1, 0.15) is 0 Å². The lowest BCUT2D eigenvalue weighted by atomic mass is 10.1. The van der Waals surface area contributed by atoms with Gasteiger partial charge in [-0.3, -0.25) is 4.79 Å². The van der Waals surface area contributed by atoms with E-state index in [9.17, 15) is 18.0 Å². The number of benzene rings is 1. The number of amides is 1. The van der Waals surface area contributed by atoms with Crippen molar-refractivity contribution in [3.05, 3.63) is 35.4 Å². The van der Waals surface area contributed by atoms with Gasteiger partial charge in [-0.25, -0.2) is 0 Å². The van der Waals surface area contributed by atoms with E-state index in [1.165, 1.54) is 12.1 Å². The lowest BCUT2D eigenvalue weighted by Gasteiger charge is -2.11. The van der Waals surface area contributed by atoms with Crippen molar-refractivity contribution in [2.45, 2.75) is 36.7 Å². The summed E-state index contributed by atoms with van der Waals surface area (Å²) in [4.78, 5) is 12.3. The predicted molar refractivity (Wildman–Crippen MR) is 78.2 cm³/mol. The molecule has 0 spiro atoms. The number of alkyl halides is 4. The van der Waals surface area contributed by atoms with Gasteiger partial charge in [0.15, 0.2) is 0 Å². The molecule has 1 aromatic rings. The van der Waals surface area contributed by atoms with Crippen LogP contribution >= 0.6 is 15.9 Å². The van der Waals surface area contributed by atoms with E-state index in [2.05, 4.69) is 21.2 Å². The SMILES string of the molecule is O=C(Cc1ccc(C(F)(F)F)cc1)NCC1CCC(Br)C1. The highest BCUT2D eigenvalue weighted by atomic mass is 79.9. The van der Waals surface area contributed by atoms with Crippen LogP contribution in [0.25, 0.3) is 0 Å². The van der Waals surface area contributed by atoms with E-state index in [1.54, 1.807) is 0 Å². The van der Waals surface area contributed by atoms with Crippen molar-refractivity contribution in [2.24, 2.45) is 5.92 Å². The molecular formula is C15H17BrF3NO. The maximum absolute atomic E-state index is 12.4. The molecule has 1 aliphatic carbocycles. The van der Waals surface area contributed by atoms with Crippen molar-refractivity contribution >= 4 is 21.8 Å². The fourth-order valence-electron chi connectivity index (χ4n) is 2.52. The van der Waals surface area contributed by atoms with Crippen molar-refractivity contribution in [1.29, 1.82) is 0 Å². The van der Waals surface area contributed by atoms with Crippen LogP contribution in [0.4, 0.5) is 13.2 Å². The molecule has 0 radical (unpaired) electrons. The molecule has 0 heterocycles. The van der Waals surface area contributed by atoms with Crippen LogP contribution in [0.5, 0.6) is 0 Å². The van der Waals surface area contributed by atoms with Gasteiger partial charge in [0.05, 0.1) is 12.0 Å². The summed E-state index contributed by atoms with van der Waals surface area (Å²) < 4.78 is 37.3. The van der Waals surface area contributed by atoms with Crippen LogP contribution in [-0.2, 0) is 17.4 Å². The first-order chi connectivity index (χ1) is 9.84. The summed E-state index contributed by atoms with van der Waals surface area (Å²) in [5.41, 5.74) is -0.105. The number of carbonyl (C=O) groups is 1. The monoisotopic (exact) mass is 363 g/mol. The smallest absolute Gasteiger partial charge is 0.356 e. The molecule has 2 atom stereocenters. The maximum atomic E-state index is 12.4. The Hall–Kier alpha value is -1.04. The lowest BCUT2D eigenvalue weighted by molar-refractivity contribution is -0.137. The highest BCUT2D eigenvalue weighted by molar-refractivity contribution is 9.09. The van der Waals surface area contributed by atoms with E-state index in [4.69, 9.17) is 0 Å². The van der Waals surface area contributed by atoms with Crippen LogP contribution in [0.2, 0.25) is 0 Å². The fraction of sp³-hybridized carbons (Fsp3) is 0.533. The number of nitrogens with one attached hydrogen (secondary N) is 1. The first kappa shape index (κ1) is 16.3. The minimum absolute atomic E-state index is 0.114. The maximum Gasteiger partial charge on any atom is 0.416 e. The standard InChI is InChI=1S/C15H17BrF3NO/c16-13-6-3-11(7-13)9-20-14(21)8-10-1-4-12(5-2-10)15(17,18)19/h1-2,4-5,11,13H,3,6-9H2,(H,20,21). The van der Waals surface area contributed by atoms with E-state index in [-0.39, 0.29) is 12.3 Å². The summed E-state index contributed by atoms with van der Waals surface area (Å²) in [7, 11) is 0. The topological polar surface area (TPSA) is 29.1 Å². The molecular weight excluding hydrogens is 347 g/mol. The number of halogens is 4. The van der Waals surface area contributed by atoms with Crippen LogP contribution in [0.1, 0.15) is 30.4 Å². The van der Waals surface area contributed by atoms with Gasteiger partial charge in [-0.2, -0.15) is 13.2 Å². The van der Waals surface area contributed by atoms with Crippen LogP contribution in [0, 0.1) is 5.92 Å². The van der Waals surface area contributed by atoms with Crippen molar-refractivity contribution < 1.29 is 18.0 Å². The molecule has 0 aromatic heterocycles. The Morgan fingerprint density at radius 2 is 1.90 bits per heavy atom. The quantitative estimate of drug-likeness (QED) is 0.806. The average molecular weight is 364 g/mol.